The first-order chi connectivity index (χ1) is 5.97. The summed E-state index contributed by atoms with van der Waals surface area (Å²) >= 11 is 0. The second kappa shape index (κ2) is 3.89. The minimum atomic E-state index is 0.943. The van der Waals surface area contributed by atoms with E-state index in [4.69, 9.17) is 0 Å². The third-order valence-corrected chi connectivity index (χ3v) is 2.24. The fourth-order valence-electron chi connectivity index (χ4n) is 1.58. The Hall–Kier alpha value is -0.580. The van der Waals surface area contributed by atoms with E-state index in [0.717, 1.165) is 26.4 Å². The molecule has 2 rings (SSSR count). The van der Waals surface area contributed by atoms with Crippen LogP contribution in [0.5, 0.6) is 0 Å². The predicted octanol–water partition coefficient (Wildman–Crippen LogP) is -0.469. The minimum Gasteiger partial charge on any atom is -0.303 e. The monoisotopic (exact) mass is 168 g/mol. The lowest BCUT2D eigenvalue weighted by atomic mass is 10.3. The van der Waals surface area contributed by atoms with Crippen LogP contribution >= 0.6 is 0 Å². The fraction of sp³-hybridized carbons (Fsp3) is 0.750. The molecule has 0 unspecified atom stereocenters. The standard InChI is InChI=1S/C8H16N4/c1-3-9-7-11(5-1)12-6-2-4-10-8-12/h1,5,9-10H,2-4,6-8H2. The molecule has 0 saturated carbocycles. The number of hydrogen-bond acceptors (Lipinski definition) is 4. The Morgan fingerprint density at radius 2 is 2.17 bits per heavy atom. The summed E-state index contributed by atoms with van der Waals surface area (Å²) in [5.74, 6) is 0. The van der Waals surface area contributed by atoms with Crippen LogP contribution in [-0.4, -0.2) is 43.0 Å². The van der Waals surface area contributed by atoms with Crippen LogP contribution in [0, 0.1) is 0 Å². The first-order valence-electron chi connectivity index (χ1n) is 4.56. The summed E-state index contributed by atoms with van der Waals surface area (Å²) in [7, 11) is 0. The van der Waals surface area contributed by atoms with E-state index in [0.29, 0.717) is 0 Å². The van der Waals surface area contributed by atoms with Crippen molar-refractivity contribution in [2.45, 2.75) is 6.42 Å². The van der Waals surface area contributed by atoms with Gasteiger partial charge in [0, 0.05) is 19.3 Å². The number of hydrogen-bond donors (Lipinski definition) is 2. The van der Waals surface area contributed by atoms with Gasteiger partial charge in [-0.15, -0.1) is 0 Å². The van der Waals surface area contributed by atoms with Gasteiger partial charge < -0.3 is 5.32 Å². The molecule has 0 aromatic heterocycles. The second-order valence-electron chi connectivity index (χ2n) is 3.18. The molecule has 0 aliphatic carbocycles. The summed E-state index contributed by atoms with van der Waals surface area (Å²) in [6.07, 6.45) is 5.55. The maximum Gasteiger partial charge on any atom is 0.0837 e. The molecule has 0 amide bonds. The highest BCUT2D eigenvalue weighted by atomic mass is 15.7. The molecular weight excluding hydrogens is 152 g/mol. The van der Waals surface area contributed by atoms with Crippen LogP contribution in [-0.2, 0) is 0 Å². The first-order valence-corrected chi connectivity index (χ1v) is 4.56. The van der Waals surface area contributed by atoms with E-state index in [1.165, 1.54) is 13.0 Å². The van der Waals surface area contributed by atoms with E-state index in [1.807, 2.05) is 0 Å². The van der Waals surface area contributed by atoms with Crippen molar-refractivity contribution in [1.29, 1.82) is 0 Å². The van der Waals surface area contributed by atoms with Crippen molar-refractivity contribution in [2.75, 3.05) is 33.0 Å². The topological polar surface area (TPSA) is 30.5 Å². The van der Waals surface area contributed by atoms with Crippen molar-refractivity contribution in [1.82, 2.24) is 20.7 Å². The highest BCUT2D eigenvalue weighted by Crippen LogP contribution is 2.03. The van der Waals surface area contributed by atoms with Crippen LogP contribution in [0.4, 0.5) is 0 Å². The summed E-state index contributed by atoms with van der Waals surface area (Å²) in [4.78, 5) is 0. The van der Waals surface area contributed by atoms with E-state index in [-0.39, 0.29) is 0 Å². The molecule has 12 heavy (non-hydrogen) atoms. The summed E-state index contributed by atoms with van der Waals surface area (Å²) < 4.78 is 0. The number of hydrazine groups is 1. The molecule has 2 N–H and O–H groups in total. The van der Waals surface area contributed by atoms with Gasteiger partial charge >= 0.3 is 0 Å². The molecule has 1 saturated heterocycles. The van der Waals surface area contributed by atoms with Crippen molar-refractivity contribution in [3.05, 3.63) is 12.3 Å². The predicted molar refractivity (Wildman–Crippen MR) is 48.0 cm³/mol. The van der Waals surface area contributed by atoms with Crippen LogP contribution < -0.4 is 10.6 Å². The van der Waals surface area contributed by atoms with Crippen molar-refractivity contribution < 1.29 is 0 Å². The smallest absolute Gasteiger partial charge is 0.0837 e. The van der Waals surface area contributed by atoms with Crippen LogP contribution in [0.15, 0.2) is 12.3 Å². The molecular formula is C8H16N4. The zero-order valence-corrected chi connectivity index (χ0v) is 7.29. The molecule has 0 radical (unpaired) electrons. The van der Waals surface area contributed by atoms with Gasteiger partial charge in [0.25, 0.3) is 0 Å². The van der Waals surface area contributed by atoms with Gasteiger partial charge in [0.15, 0.2) is 0 Å². The minimum absolute atomic E-state index is 0.943. The average molecular weight is 168 g/mol. The lowest BCUT2D eigenvalue weighted by Crippen LogP contribution is -2.52. The molecule has 0 aromatic carbocycles. The van der Waals surface area contributed by atoms with Crippen molar-refractivity contribution in [3.8, 4) is 0 Å². The Morgan fingerprint density at radius 1 is 1.17 bits per heavy atom. The van der Waals surface area contributed by atoms with Gasteiger partial charge in [0.1, 0.15) is 0 Å². The molecule has 0 bridgehead atoms. The summed E-state index contributed by atoms with van der Waals surface area (Å²) in [5, 5.41) is 11.2. The third kappa shape index (κ3) is 1.77. The molecule has 0 aromatic rings. The fourth-order valence-corrected chi connectivity index (χ4v) is 1.58. The van der Waals surface area contributed by atoms with Crippen LogP contribution in [0.25, 0.3) is 0 Å². The number of nitrogens with zero attached hydrogens (tertiary/aromatic N) is 2. The maximum atomic E-state index is 3.35. The first kappa shape index (κ1) is 8.04. The largest absolute Gasteiger partial charge is 0.303 e. The Balaban J connectivity index is 1.88. The van der Waals surface area contributed by atoms with Crippen LogP contribution in [0.2, 0.25) is 0 Å². The highest BCUT2D eigenvalue weighted by molar-refractivity contribution is 4.87. The molecule has 2 aliphatic heterocycles. The molecule has 4 heteroatoms. The Labute approximate surface area is 73.2 Å². The molecule has 0 atom stereocenters. The highest BCUT2D eigenvalue weighted by Gasteiger charge is 2.15. The number of rotatable bonds is 1. The Morgan fingerprint density at radius 3 is 2.83 bits per heavy atom. The lowest BCUT2D eigenvalue weighted by Gasteiger charge is -2.38. The SMILES string of the molecule is C1=CN(N2CCCNC2)CNC1. The molecule has 2 heterocycles. The van der Waals surface area contributed by atoms with E-state index < -0.39 is 0 Å². The maximum absolute atomic E-state index is 3.35. The molecule has 0 spiro atoms. The van der Waals surface area contributed by atoms with Crippen molar-refractivity contribution >= 4 is 0 Å². The van der Waals surface area contributed by atoms with Gasteiger partial charge in [-0.3, -0.25) is 10.3 Å². The van der Waals surface area contributed by atoms with Gasteiger partial charge in [0.05, 0.1) is 13.3 Å². The Kier molecular flexibility index (Phi) is 2.60. The summed E-state index contributed by atoms with van der Waals surface area (Å²) in [5.41, 5.74) is 0. The zero-order valence-electron chi connectivity index (χ0n) is 7.29. The van der Waals surface area contributed by atoms with Gasteiger partial charge in [-0.25, -0.2) is 5.01 Å². The van der Waals surface area contributed by atoms with Crippen LogP contribution in [0.3, 0.4) is 0 Å². The average Bonchev–Trinajstić information content (AvgIpc) is 2.21. The molecule has 68 valence electrons. The Bertz CT molecular complexity index is 162. The zero-order chi connectivity index (χ0) is 8.23. The summed E-state index contributed by atoms with van der Waals surface area (Å²) in [6, 6.07) is 0. The quantitative estimate of drug-likeness (QED) is 0.554. The van der Waals surface area contributed by atoms with Crippen molar-refractivity contribution in [3.63, 3.8) is 0 Å². The van der Waals surface area contributed by atoms with E-state index in [9.17, 15) is 0 Å². The lowest BCUT2D eigenvalue weighted by molar-refractivity contribution is -0.0112. The van der Waals surface area contributed by atoms with Crippen LogP contribution in [0.1, 0.15) is 6.42 Å². The summed E-state index contributed by atoms with van der Waals surface area (Å²) in [6.45, 7) is 5.24. The molecule has 4 nitrogen and oxygen atoms in total. The van der Waals surface area contributed by atoms with Gasteiger partial charge in [-0.05, 0) is 13.0 Å². The van der Waals surface area contributed by atoms with Gasteiger partial charge in [-0.1, -0.05) is 6.08 Å². The molecule has 1 fully saturated rings. The van der Waals surface area contributed by atoms with E-state index >= 15 is 0 Å². The number of nitrogens with one attached hydrogen (secondary N) is 2. The van der Waals surface area contributed by atoms with E-state index in [2.05, 4.69) is 32.9 Å². The third-order valence-electron chi connectivity index (χ3n) is 2.24. The molecule has 2 aliphatic rings. The van der Waals surface area contributed by atoms with Gasteiger partial charge in [0.2, 0.25) is 0 Å². The second-order valence-corrected chi connectivity index (χ2v) is 3.18. The normalized spacial score (nSPS) is 26.2. The van der Waals surface area contributed by atoms with Crippen molar-refractivity contribution in [2.24, 2.45) is 0 Å². The van der Waals surface area contributed by atoms with Gasteiger partial charge in [-0.2, -0.15) is 0 Å². The van der Waals surface area contributed by atoms with E-state index in [1.54, 1.807) is 0 Å².